The molecule has 3 nitrogen and oxygen atoms in total. The second kappa shape index (κ2) is 4.72. The maximum absolute atomic E-state index is 5.95. The van der Waals surface area contributed by atoms with Crippen LogP contribution >= 0.6 is 22.9 Å². The van der Waals surface area contributed by atoms with Gasteiger partial charge in [-0.1, -0.05) is 6.07 Å². The lowest BCUT2D eigenvalue weighted by atomic mass is 10.1. The van der Waals surface area contributed by atoms with Crippen LogP contribution in [-0.4, -0.2) is 9.97 Å². The van der Waals surface area contributed by atoms with Crippen LogP contribution < -0.4 is 4.74 Å². The van der Waals surface area contributed by atoms with Gasteiger partial charge >= 0.3 is 0 Å². The van der Waals surface area contributed by atoms with Crippen molar-refractivity contribution in [1.82, 2.24) is 9.97 Å². The number of halogens is 1. The largest absolute Gasteiger partial charge is 0.438 e. The maximum atomic E-state index is 5.95. The Kier molecular flexibility index (Phi) is 2.86. The van der Waals surface area contributed by atoms with Crippen LogP contribution in [0.25, 0.3) is 10.2 Å². The smallest absolute Gasteiger partial charge is 0.232 e. The van der Waals surface area contributed by atoms with E-state index < -0.39 is 0 Å². The number of rotatable bonds is 2. The normalized spacial score (nSPS) is 13.7. The molecule has 0 spiro atoms. The fraction of sp³-hybridized carbons (Fsp3) is 0.200. The van der Waals surface area contributed by atoms with E-state index in [-0.39, 0.29) is 5.28 Å². The average Bonchev–Trinajstić information content (AvgIpc) is 3.05. The molecule has 1 aliphatic carbocycles. The molecule has 0 aliphatic heterocycles. The zero-order valence-corrected chi connectivity index (χ0v) is 12.2. The molecule has 0 atom stereocenters. The van der Waals surface area contributed by atoms with E-state index in [9.17, 15) is 0 Å². The molecule has 1 aromatic carbocycles. The monoisotopic (exact) mass is 302 g/mol. The summed E-state index contributed by atoms with van der Waals surface area (Å²) in [5.74, 6) is 1.34. The molecular weight excluding hydrogens is 292 g/mol. The fourth-order valence-corrected chi connectivity index (χ4v) is 3.57. The van der Waals surface area contributed by atoms with Crippen molar-refractivity contribution in [2.75, 3.05) is 0 Å². The second-order valence-electron chi connectivity index (χ2n) is 4.82. The second-order valence-corrected chi connectivity index (χ2v) is 6.06. The van der Waals surface area contributed by atoms with Crippen LogP contribution in [0.2, 0.25) is 5.28 Å². The van der Waals surface area contributed by atoms with Gasteiger partial charge in [0.25, 0.3) is 0 Å². The molecule has 3 aromatic rings. The van der Waals surface area contributed by atoms with Gasteiger partial charge in [-0.05, 0) is 65.6 Å². The first-order valence-corrected chi connectivity index (χ1v) is 7.76. The van der Waals surface area contributed by atoms with Gasteiger partial charge in [-0.3, -0.25) is 0 Å². The van der Waals surface area contributed by atoms with E-state index in [0.717, 1.165) is 22.4 Å². The first kappa shape index (κ1) is 12.1. The Labute approximate surface area is 125 Å². The molecule has 5 heteroatoms. The lowest BCUT2D eigenvalue weighted by Gasteiger charge is -2.08. The van der Waals surface area contributed by atoms with Crippen LogP contribution in [-0.2, 0) is 12.8 Å². The summed E-state index contributed by atoms with van der Waals surface area (Å²) in [6.07, 6.45) is 3.53. The van der Waals surface area contributed by atoms with Gasteiger partial charge in [-0.15, -0.1) is 11.3 Å². The highest BCUT2D eigenvalue weighted by Gasteiger charge is 2.14. The van der Waals surface area contributed by atoms with Crippen LogP contribution in [0.1, 0.15) is 17.5 Å². The zero-order valence-electron chi connectivity index (χ0n) is 10.6. The molecule has 0 bridgehead atoms. The summed E-state index contributed by atoms with van der Waals surface area (Å²) in [7, 11) is 0. The summed E-state index contributed by atoms with van der Waals surface area (Å²) in [4.78, 5) is 9.24. The molecule has 4 rings (SSSR count). The van der Waals surface area contributed by atoms with Crippen molar-refractivity contribution < 1.29 is 4.74 Å². The standard InChI is InChI=1S/C15H11ClN2OS/c16-15-17-13(12-6-7-20-14(12)18-15)19-11-5-4-9-2-1-3-10(9)8-11/h4-8H,1-3H2. The molecule has 20 heavy (non-hydrogen) atoms. The minimum absolute atomic E-state index is 0.219. The van der Waals surface area contributed by atoms with Gasteiger partial charge in [0.05, 0.1) is 5.39 Å². The third-order valence-electron chi connectivity index (χ3n) is 3.55. The van der Waals surface area contributed by atoms with Crippen LogP contribution in [0.5, 0.6) is 11.6 Å². The van der Waals surface area contributed by atoms with Crippen molar-refractivity contribution in [1.29, 1.82) is 0 Å². The first-order chi connectivity index (χ1) is 9.79. The van der Waals surface area contributed by atoms with Gasteiger partial charge in [0.1, 0.15) is 10.6 Å². The van der Waals surface area contributed by atoms with Gasteiger partial charge in [-0.2, -0.15) is 4.98 Å². The van der Waals surface area contributed by atoms with E-state index in [2.05, 4.69) is 22.1 Å². The van der Waals surface area contributed by atoms with Crippen molar-refractivity contribution >= 4 is 33.2 Å². The predicted octanol–water partition coefficient (Wildman–Crippen LogP) is 4.63. The van der Waals surface area contributed by atoms with E-state index in [1.54, 1.807) is 0 Å². The van der Waals surface area contributed by atoms with Crippen molar-refractivity contribution in [2.24, 2.45) is 0 Å². The molecule has 0 unspecified atom stereocenters. The number of benzene rings is 1. The van der Waals surface area contributed by atoms with E-state index in [1.807, 2.05) is 17.5 Å². The number of ether oxygens (including phenoxy) is 1. The van der Waals surface area contributed by atoms with Crippen molar-refractivity contribution in [3.63, 3.8) is 0 Å². The van der Waals surface area contributed by atoms with Gasteiger partial charge < -0.3 is 4.74 Å². The van der Waals surface area contributed by atoms with Crippen LogP contribution in [0.15, 0.2) is 29.6 Å². The Morgan fingerprint density at radius 1 is 1.10 bits per heavy atom. The van der Waals surface area contributed by atoms with Gasteiger partial charge in [-0.25, -0.2) is 4.98 Å². The van der Waals surface area contributed by atoms with E-state index in [0.29, 0.717) is 5.88 Å². The SMILES string of the molecule is Clc1nc(Oc2ccc3c(c2)CCC3)c2ccsc2n1. The van der Waals surface area contributed by atoms with Crippen molar-refractivity contribution in [3.05, 3.63) is 46.1 Å². The molecule has 0 saturated heterocycles. The van der Waals surface area contributed by atoms with Crippen molar-refractivity contribution in [3.8, 4) is 11.6 Å². The van der Waals surface area contributed by atoms with Gasteiger partial charge in [0.15, 0.2) is 0 Å². The summed E-state index contributed by atoms with van der Waals surface area (Å²) in [5.41, 5.74) is 2.81. The topological polar surface area (TPSA) is 35.0 Å². The van der Waals surface area contributed by atoms with Crippen LogP contribution in [0, 0.1) is 0 Å². The zero-order chi connectivity index (χ0) is 13.5. The van der Waals surface area contributed by atoms with E-state index in [1.165, 1.54) is 35.3 Å². The van der Waals surface area contributed by atoms with Gasteiger partial charge in [0.2, 0.25) is 11.2 Å². The Morgan fingerprint density at radius 3 is 2.95 bits per heavy atom. The third kappa shape index (κ3) is 2.05. The number of hydrogen-bond acceptors (Lipinski definition) is 4. The molecule has 1 aliphatic rings. The molecule has 2 aromatic heterocycles. The molecule has 100 valence electrons. The predicted molar refractivity (Wildman–Crippen MR) is 81.0 cm³/mol. The molecule has 0 fully saturated rings. The first-order valence-electron chi connectivity index (χ1n) is 6.50. The molecule has 0 amide bonds. The fourth-order valence-electron chi connectivity index (χ4n) is 2.60. The molecule has 0 saturated carbocycles. The van der Waals surface area contributed by atoms with E-state index in [4.69, 9.17) is 16.3 Å². The number of thiophene rings is 1. The summed E-state index contributed by atoms with van der Waals surface area (Å²) < 4.78 is 5.93. The molecular formula is C15H11ClN2OS. The highest BCUT2D eigenvalue weighted by atomic mass is 35.5. The summed E-state index contributed by atoms with van der Waals surface area (Å²) in [6, 6.07) is 8.21. The summed E-state index contributed by atoms with van der Waals surface area (Å²) in [5, 5.41) is 3.08. The Bertz CT molecular complexity index is 800. The van der Waals surface area contributed by atoms with Gasteiger partial charge in [0, 0.05) is 0 Å². The maximum Gasteiger partial charge on any atom is 0.232 e. The van der Waals surface area contributed by atoms with Crippen LogP contribution in [0.4, 0.5) is 0 Å². The Morgan fingerprint density at radius 2 is 2.00 bits per heavy atom. The van der Waals surface area contributed by atoms with Crippen LogP contribution in [0.3, 0.4) is 0 Å². The quantitative estimate of drug-likeness (QED) is 0.648. The van der Waals surface area contributed by atoms with E-state index >= 15 is 0 Å². The molecule has 2 heterocycles. The highest BCUT2D eigenvalue weighted by Crippen LogP contribution is 2.33. The summed E-state index contributed by atoms with van der Waals surface area (Å²) in [6.45, 7) is 0. The lowest BCUT2D eigenvalue weighted by molar-refractivity contribution is 0.468. The lowest BCUT2D eigenvalue weighted by Crippen LogP contribution is -1.92. The summed E-state index contributed by atoms with van der Waals surface area (Å²) >= 11 is 7.48. The average molecular weight is 303 g/mol. The minimum Gasteiger partial charge on any atom is -0.438 e. The number of hydrogen-bond donors (Lipinski definition) is 0. The number of aromatic nitrogens is 2. The molecule has 0 radical (unpaired) electrons. The Hall–Kier alpha value is -1.65. The Balaban J connectivity index is 1.75. The number of nitrogens with zero attached hydrogens (tertiary/aromatic N) is 2. The molecule has 0 N–H and O–H groups in total. The number of aryl methyl sites for hydroxylation is 2. The minimum atomic E-state index is 0.219. The van der Waals surface area contributed by atoms with Crippen molar-refractivity contribution in [2.45, 2.75) is 19.3 Å². The highest BCUT2D eigenvalue weighted by molar-refractivity contribution is 7.16. The third-order valence-corrected chi connectivity index (χ3v) is 4.52. The number of fused-ring (bicyclic) bond motifs is 2.